The van der Waals surface area contributed by atoms with E-state index in [-0.39, 0.29) is 17.7 Å². The molecule has 2 N–H and O–H groups in total. The molecule has 2 fully saturated rings. The molecule has 1 atom stereocenters. The molecule has 0 bridgehead atoms. The van der Waals surface area contributed by atoms with Crippen LogP contribution in [-0.4, -0.2) is 40.8 Å². The molecule has 2 heterocycles. The van der Waals surface area contributed by atoms with Gasteiger partial charge in [-0.15, -0.1) is 0 Å². The predicted molar refractivity (Wildman–Crippen MR) is 97.1 cm³/mol. The fourth-order valence-electron chi connectivity index (χ4n) is 4.21. The summed E-state index contributed by atoms with van der Waals surface area (Å²) in [7, 11) is 0. The first kappa shape index (κ1) is 16.2. The number of nitrogens with one attached hydrogen (secondary N) is 2. The molecule has 2 amide bonds. The third-order valence-corrected chi connectivity index (χ3v) is 5.57. The Balaban J connectivity index is 1.28. The first-order valence-electron chi connectivity index (χ1n) is 9.34. The summed E-state index contributed by atoms with van der Waals surface area (Å²) in [5.41, 5.74) is 2.24. The van der Waals surface area contributed by atoms with E-state index in [0.717, 1.165) is 30.5 Å². The molecule has 1 aliphatic heterocycles. The van der Waals surface area contributed by atoms with Crippen molar-refractivity contribution in [3.8, 4) is 0 Å². The molecule has 25 heavy (non-hydrogen) atoms. The number of hydrogen-bond acceptors (Lipinski definition) is 2. The number of fused-ring (bicyclic) bond motifs is 1. The monoisotopic (exact) mass is 339 g/mol. The van der Waals surface area contributed by atoms with Crippen molar-refractivity contribution in [1.82, 2.24) is 15.2 Å². The van der Waals surface area contributed by atoms with Gasteiger partial charge in [0.15, 0.2) is 0 Å². The maximum atomic E-state index is 12.4. The van der Waals surface area contributed by atoms with Gasteiger partial charge >= 0.3 is 0 Å². The van der Waals surface area contributed by atoms with Gasteiger partial charge in [0.05, 0.1) is 5.92 Å². The number of rotatable bonds is 5. The summed E-state index contributed by atoms with van der Waals surface area (Å²) in [5, 5.41) is 4.20. The fraction of sp³-hybridized carbons (Fsp3) is 0.500. The van der Waals surface area contributed by atoms with E-state index < -0.39 is 0 Å². The van der Waals surface area contributed by atoms with Crippen molar-refractivity contribution in [3.05, 3.63) is 36.0 Å². The van der Waals surface area contributed by atoms with Gasteiger partial charge in [0.25, 0.3) is 0 Å². The van der Waals surface area contributed by atoms with Crippen LogP contribution in [-0.2, 0) is 16.0 Å². The van der Waals surface area contributed by atoms with Crippen LogP contribution in [0.4, 0.5) is 0 Å². The van der Waals surface area contributed by atoms with Crippen LogP contribution in [0.3, 0.4) is 0 Å². The molecule has 0 radical (unpaired) electrons. The highest BCUT2D eigenvalue weighted by Gasteiger charge is 2.38. The highest BCUT2D eigenvalue weighted by atomic mass is 16.2. The molecule has 2 aromatic rings. The summed E-state index contributed by atoms with van der Waals surface area (Å²) in [4.78, 5) is 30.0. The second-order valence-corrected chi connectivity index (χ2v) is 7.31. The van der Waals surface area contributed by atoms with E-state index in [4.69, 9.17) is 0 Å². The molecule has 1 unspecified atom stereocenters. The fourth-order valence-corrected chi connectivity index (χ4v) is 4.21. The Morgan fingerprint density at radius 3 is 2.84 bits per heavy atom. The summed E-state index contributed by atoms with van der Waals surface area (Å²) >= 11 is 0. The Morgan fingerprint density at radius 2 is 2.04 bits per heavy atom. The summed E-state index contributed by atoms with van der Waals surface area (Å²) in [6.07, 6.45) is 5.74. The second-order valence-electron chi connectivity index (χ2n) is 7.31. The normalized spacial score (nSPS) is 21.4. The van der Waals surface area contributed by atoms with Crippen LogP contribution < -0.4 is 5.32 Å². The Kier molecular flexibility index (Phi) is 4.47. The second kappa shape index (κ2) is 6.90. The maximum absolute atomic E-state index is 12.4. The van der Waals surface area contributed by atoms with Crippen LogP contribution >= 0.6 is 0 Å². The number of hydrogen-bond donors (Lipinski definition) is 2. The number of carbonyl (C=O) groups excluding carboxylic acids is 2. The third kappa shape index (κ3) is 3.41. The van der Waals surface area contributed by atoms with Gasteiger partial charge in [0, 0.05) is 43.2 Å². The lowest BCUT2D eigenvalue weighted by Gasteiger charge is -2.23. The Bertz CT molecular complexity index is 743. The number of carbonyl (C=O) groups is 2. The van der Waals surface area contributed by atoms with E-state index in [9.17, 15) is 9.59 Å². The zero-order valence-electron chi connectivity index (χ0n) is 14.5. The molecule has 5 nitrogen and oxygen atoms in total. The Labute approximate surface area is 147 Å². The van der Waals surface area contributed by atoms with Crippen LogP contribution in [0.1, 0.15) is 37.8 Å². The van der Waals surface area contributed by atoms with Gasteiger partial charge in [-0.1, -0.05) is 31.0 Å². The van der Waals surface area contributed by atoms with E-state index in [0.29, 0.717) is 25.6 Å². The SMILES string of the molecule is O=C(NCCc1cc2ccccc2[nH]1)C1CC(=O)N(C2CCCC2)C1. The van der Waals surface area contributed by atoms with E-state index in [1.807, 2.05) is 17.0 Å². The number of H-pyrrole nitrogens is 1. The lowest BCUT2D eigenvalue weighted by Crippen LogP contribution is -2.37. The van der Waals surface area contributed by atoms with Crippen molar-refractivity contribution in [3.63, 3.8) is 0 Å². The van der Waals surface area contributed by atoms with Gasteiger partial charge in [-0.3, -0.25) is 9.59 Å². The number of benzene rings is 1. The lowest BCUT2D eigenvalue weighted by molar-refractivity contribution is -0.130. The average molecular weight is 339 g/mol. The van der Waals surface area contributed by atoms with Crippen LogP contribution in [0, 0.1) is 5.92 Å². The van der Waals surface area contributed by atoms with Crippen molar-refractivity contribution in [2.24, 2.45) is 5.92 Å². The molecular formula is C20H25N3O2. The van der Waals surface area contributed by atoms with E-state index in [2.05, 4.69) is 28.5 Å². The number of nitrogens with zero attached hydrogens (tertiary/aromatic N) is 1. The van der Waals surface area contributed by atoms with Gasteiger partial charge in [-0.2, -0.15) is 0 Å². The van der Waals surface area contributed by atoms with E-state index in [1.54, 1.807) is 0 Å². The van der Waals surface area contributed by atoms with Crippen LogP contribution in [0.2, 0.25) is 0 Å². The van der Waals surface area contributed by atoms with Crippen molar-refractivity contribution in [2.45, 2.75) is 44.6 Å². The quantitative estimate of drug-likeness (QED) is 0.879. The maximum Gasteiger partial charge on any atom is 0.225 e. The molecule has 1 saturated heterocycles. The zero-order chi connectivity index (χ0) is 17.2. The van der Waals surface area contributed by atoms with Crippen LogP contribution in [0.5, 0.6) is 0 Å². The Morgan fingerprint density at radius 1 is 1.24 bits per heavy atom. The molecular weight excluding hydrogens is 314 g/mol. The van der Waals surface area contributed by atoms with Crippen molar-refractivity contribution >= 4 is 22.7 Å². The summed E-state index contributed by atoms with van der Waals surface area (Å²) in [6, 6.07) is 10.7. The third-order valence-electron chi connectivity index (χ3n) is 5.57. The molecule has 0 spiro atoms. The minimum Gasteiger partial charge on any atom is -0.358 e. The van der Waals surface area contributed by atoms with Gasteiger partial charge in [-0.05, 0) is 30.4 Å². The largest absolute Gasteiger partial charge is 0.358 e. The average Bonchev–Trinajstić information content (AvgIpc) is 3.33. The van der Waals surface area contributed by atoms with Gasteiger partial charge < -0.3 is 15.2 Å². The van der Waals surface area contributed by atoms with Crippen LogP contribution in [0.25, 0.3) is 10.9 Å². The minimum atomic E-state index is -0.184. The Hall–Kier alpha value is -2.30. The smallest absolute Gasteiger partial charge is 0.225 e. The summed E-state index contributed by atoms with van der Waals surface area (Å²) in [5.74, 6) is -0.0107. The lowest BCUT2D eigenvalue weighted by atomic mass is 10.1. The van der Waals surface area contributed by atoms with Crippen LogP contribution in [0.15, 0.2) is 30.3 Å². The topological polar surface area (TPSA) is 65.2 Å². The molecule has 2 aliphatic rings. The number of amides is 2. The van der Waals surface area contributed by atoms with Crippen molar-refractivity contribution in [2.75, 3.05) is 13.1 Å². The van der Waals surface area contributed by atoms with E-state index >= 15 is 0 Å². The van der Waals surface area contributed by atoms with Gasteiger partial charge in [-0.25, -0.2) is 0 Å². The first-order valence-corrected chi connectivity index (χ1v) is 9.34. The van der Waals surface area contributed by atoms with E-state index in [1.165, 1.54) is 18.2 Å². The number of aromatic nitrogens is 1. The van der Waals surface area contributed by atoms with Gasteiger partial charge in [0.2, 0.25) is 11.8 Å². The minimum absolute atomic E-state index is 0.0185. The zero-order valence-corrected chi connectivity index (χ0v) is 14.5. The standard InChI is InChI=1S/C20H25N3O2/c24-19-12-15(13-23(19)17-6-2-3-7-17)20(25)21-10-9-16-11-14-5-1-4-8-18(14)22-16/h1,4-5,8,11,15,17,22H,2-3,6-7,9-10,12-13H2,(H,21,25). The summed E-state index contributed by atoms with van der Waals surface area (Å²) in [6.45, 7) is 1.20. The molecule has 4 rings (SSSR count). The van der Waals surface area contributed by atoms with Crippen molar-refractivity contribution in [1.29, 1.82) is 0 Å². The first-order chi connectivity index (χ1) is 12.2. The molecule has 1 aromatic heterocycles. The van der Waals surface area contributed by atoms with Gasteiger partial charge in [0.1, 0.15) is 0 Å². The molecule has 1 aromatic carbocycles. The molecule has 5 heteroatoms. The molecule has 1 aliphatic carbocycles. The number of aromatic amines is 1. The van der Waals surface area contributed by atoms with Crippen molar-refractivity contribution < 1.29 is 9.59 Å². The highest BCUT2D eigenvalue weighted by Crippen LogP contribution is 2.29. The number of likely N-dealkylation sites (tertiary alicyclic amines) is 1. The molecule has 1 saturated carbocycles. The molecule has 132 valence electrons. The number of para-hydroxylation sites is 1. The highest BCUT2D eigenvalue weighted by molar-refractivity contribution is 5.89. The summed E-state index contributed by atoms with van der Waals surface area (Å²) < 4.78 is 0. The predicted octanol–water partition coefficient (Wildman–Crippen LogP) is 2.62.